The number of Topliss-reactive ketones (excluding diaryl/α,β-unsaturated/α-hetero) is 1. The molecule has 1 N–H and O–H groups in total. The summed E-state index contributed by atoms with van der Waals surface area (Å²) in [6.45, 7) is 0. The van der Waals surface area contributed by atoms with Gasteiger partial charge in [0.15, 0.2) is 5.78 Å². The number of methoxy groups -OCH3 is 1. The molecule has 1 heterocycles. The van der Waals surface area contributed by atoms with Crippen LogP contribution in [0.1, 0.15) is 18.4 Å². The highest BCUT2D eigenvalue weighted by Crippen LogP contribution is 2.16. The number of benzene rings is 1. The van der Waals surface area contributed by atoms with E-state index in [1.807, 2.05) is 30.3 Å². The van der Waals surface area contributed by atoms with Crippen molar-refractivity contribution in [1.29, 1.82) is 0 Å². The molecule has 0 bridgehead atoms. The average molecular weight is 247 g/mol. The van der Waals surface area contributed by atoms with Crippen molar-refractivity contribution < 1.29 is 14.3 Å². The first-order valence-corrected chi connectivity index (χ1v) is 6.08. The highest BCUT2D eigenvalue weighted by Gasteiger charge is 2.33. The minimum absolute atomic E-state index is 0.0985. The maximum absolute atomic E-state index is 11.8. The van der Waals surface area contributed by atoms with Crippen molar-refractivity contribution >= 4 is 11.8 Å². The highest BCUT2D eigenvalue weighted by atomic mass is 16.5. The van der Waals surface area contributed by atoms with Crippen molar-refractivity contribution in [2.24, 2.45) is 0 Å². The van der Waals surface area contributed by atoms with Gasteiger partial charge in [0.1, 0.15) is 0 Å². The maximum Gasteiger partial charge on any atom is 0.307 e. The summed E-state index contributed by atoms with van der Waals surface area (Å²) in [5.41, 5.74) is 1.20. The van der Waals surface area contributed by atoms with Crippen LogP contribution in [0, 0.1) is 0 Å². The third kappa shape index (κ3) is 3.17. The SMILES string of the molecule is COC(=O)C[C@@H]1N[C@H](Cc2ccccc2)CC1=O. The molecule has 0 radical (unpaired) electrons. The van der Waals surface area contributed by atoms with Crippen molar-refractivity contribution in [3.63, 3.8) is 0 Å². The summed E-state index contributed by atoms with van der Waals surface area (Å²) < 4.78 is 4.58. The van der Waals surface area contributed by atoms with E-state index in [9.17, 15) is 9.59 Å². The summed E-state index contributed by atoms with van der Waals surface area (Å²) in [5, 5.41) is 3.20. The third-order valence-corrected chi connectivity index (χ3v) is 3.20. The lowest BCUT2D eigenvalue weighted by Gasteiger charge is -2.12. The largest absolute Gasteiger partial charge is 0.469 e. The number of carbonyl (C=O) groups excluding carboxylic acids is 2. The Morgan fingerprint density at radius 3 is 2.78 bits per heavy atom. The Morgan fingerprint density at radius 1 is 1.39 bits per heavy atom. The van der Waals surface area contributed by atoms with Crippen LogP contribution in [0.3, 0.4) is 0 Å². The van der Waals surface area contributed by atoms with Gasteiger partial charge in [0.2, 0.25) is 0 Å². The van der Waals surface area contributed by atoms with E-state index >= 15 is 0 Å². The number of carbonyl (C=O) groups is 2. The fourth-order valence-corrected chi connectivity index (χ4v) is 2.27. The van der Waals surface area contributed by atoms with Gasteiger partial charge in [-0.05, 0) is 12.0 Å². The number of ether oxygens (including phenoxy) is 1. The predicted octanol–water partition coefficient (Wildman–Crippen LogP) is 1.09. The fraction of sp³-hybridized carbons (Fsp3) is 0.429. The van der Waals surface area contributed by atoms with Crippen molar-refractivity contribution in [3.8, 4) is 0 Å². The molecule has 0 saturated carbocycles. The topological polar surface area (TPSA) is 55.4 Å². The van der Waals surface area contributed by atoms with Crippen molar-refractivity contribution in [2.75, 3.05) is 7.11 Å². The molecule has 4 heteroatoms. The van der Waals surface area contributed by atoms with Gasteiger partial charge in [-0.2, -0.15) is 0 Å². The van der Waals surface area contributed by atoms with Crippen LogP contribution in [0.5, 0.6) is 0 Å². The molecular weight excluding hydrogens is 230 g/mol. The van der Waals surface area contributed by atoms with Crippen LogP contribution in [-0.2, 0) is 20.7 Å². The summed E-state index contributed by atoms with van der Waals surface area (Å²) in [6, 6.07) is 9.76. The minimum atomic E-state index is -0.383. The molecule has 1 aromatic carbocycles. The normalized spacial score (nSPS) is 23.1. The number of nitrogens with one attached hydrogen (secondary N) is 1. The lowest BCUT2D eigenvalue weighted by Crippen LogP contribution is -2.34. The first kappa shape index (κ1) is 12.8. The Hall–Kier alpha value is -1.68. The molecule has 0 aromatic heterocycles. The van der Waals surface area contributed by atoms with Crippen LogP contribution < -0.4 is 5.32 Å². The average Bonchev–Trinajstić information content (AvgIpc) is 2.70. The van der Waals surface area contributed by atoms with Gasteiger partial charge in [-0.15, -0.1) is 0 Å². The van der Waals surface area contributed by atoms with Gasteiger partial charge >= 0.3 is 5.97 Å². The van der Waals surface area contributed by atoms with E-state index in [0.29, 0.717) is 6.42 Å². The van der Waals surface area contributed by atoms with Crippen molar-refractivity contribution in [2.45, 2.75) is 31.3 Å². The Morgan fingerprint density at radius 2 is 2.11 bits per heavy atom. The third-order valence-electron chi connectivity index (χ3n) is 3.20. The van der Waals surface area contributed by atoms with Gasteiger partial charge in [0.05, 0.1) is 19.6 Å². The van der Waals surface area contributed by atoms with Crippen LogP contribution in [0.15, 0.2) is 30.3 Å². The second-order valence-electron chi connectivity index (χ2n) is 4.56. The molecule has 0 amide bonds. The van der Waals surface area contributed by atoms with Crippen LogP contribution in [-0.4, -0.2) is 30.9 Å². The second kappa shape index (κ2) is 5.78. The Labute approximate surface area is 106 Å². The number of rotatable bonds is 4. The molecule has 1 saturated heterocycles. The first-order chi connectivity index (χ1) is 8.69. The quantitative estimate of drug-likeness (QED) is 0.809. The molecule has 96 valence electrons. The molecule has 0 aliphatic carbocycles. The molecule has 2 rings (SSSR count). The summed E-state index contributed by atoms with van der Waals surface area (Å²) in [5.74, 6) is -0.248. The molecular formula is C14H17NO3. The molecule has 1 aliphatic rings. The van der Waals surface area contributed by atoms with Gasteiger partial charge in [-0.25, -0.2) is 0 Å². The van der Waals surface area contributed by atoms with Gasteiger partial charge < -0.3 is 10.1 Å². The van der Waals surface area contributed by atoms with Gasteiger partial charge in [-0.1, -0.05) is 30.3 Å². The fourth-order valence-electron chi connectivity index (χ4n) is 2.27. The number of ketones is 1. The van der Waals surface area contributed by atoms with Crippen LogP contribution in [0.2, 0.25) is 0 Å². The molecule has 0 spiro atoms. The van der Waals surface area contributed by atoms with Gasteiger partial charge in [0.25, 0.3) is 0 Å². The van der Waals surface area contributed by atoms with Gasteiger partial charge in [0, 0.05) is 12.5 Å². The van der Waals surface area contributed by atoms with Gasteiger partial charge in [-0.3, -0.25) is 9.59 Å². The lowest BCUT2D eigenvalue weighted by atomic mass is 10.0. The maximum atomic E-state index is 11.8. The monoisotopic (exact) mass is 247 g/mol. The minimum Gasteiger partial charge on any atom is -0.469 e. The summed E-state index contributed by atoms with van der Waals surface area (Å²) in [7, 11) is 1.34. The Balaban J connectivity index is 1.90. The van der Waals surface area contributed by atoms with E-state index in [1.165, 1.54) is 12.7 Å². The number of esters is 1. The highest BCUT2D eigenvalue weighted by molar-refractivity contribution is 5.90. The lowest BCUT2D eigenvalue weighted by molar-refractivity contribution is -0.142. The summed E-state index contributed by atoms with van der Waals surface area (Å²) >= 11 is 0. The van der Waals surface area contributed by atoms with E-state index in [4.69, 9.17) is 0 Å². The zero-order valence-electron chi connectivity index (χ0n) is 10.4. The zero-order valence-corrected chi connectivity index (χ0v) is 10.4. The van der Waals surface area contributed by atoms with E-state index in [2.05, 4.69) is 10.1 Å². The molecule has 1 aromatic rings. The van der Waals surface area contributed by atoms with E-state index < -0.39 is 0 Å². The van der Waals surface area contributed by atoms with Crippen LogP contribution in [0.4, 0.5) is 0 Å². The van der Waals surface area contributed by atoms with Crippen LogP contribution in [0.25, 0.3) is 0 Å². The predicted molar refractivity (Wildman–Crippen MR) is 67.1 cm³/mol. The van der Waals surface area contributed by atoms with E-state index in [1.54, 1.807) is 0 Å². The van der Waals surface area contributed by atoms with Crippen molar-refractivity contribution in [3.05, 3.63) is 35.9 Å². The molecule has 1 fully saturated rings. The molecule has 1 aliphatic heterocycles. The molecule has 0 unspecified atom stereocenters. The Bertz CT molecular complexity index is 430. The second-order valence-corrected chi connectivity index (χ2v) is 4.56. The smallest absolute Gasteiger partial charge is 0.307 e. The van der Waals surface area contributed by atoms with E-state index in [-0.39, 0.29) is 30.3 Å². The van der Waals surface area contributed by atoms with E-state index in [0.717, 1.165) is 6.42 Å². The summed E-state index contributed by atoms with van der Waals surface area (Å²) in [4.78, 5) is 22.9. The zero-order chi connectivity index (χ0) is 13.0. The number of hydrogen-bond acceptors (Lipinski definition) is 4. The molecule has 18 heavy (non-hydrogen) atoms. The van der Waals surface area contributed by atoms with Crippen molar-refractivity contribution in [1.82, 2.24) is 5.32 Å². The molecule has 4 nitrogen and oxygen atoms in total. The number of hydrogen-bond donors (Lipinski definition) is 1. The molecule has 2 atom stereocenters. The standard InChI is InChI=1S/C14H17NO3/c1-18-14(17)9-12-13(16)8-11(15-12)7-10-5-3-2-4-6-10/h2-6,11-12,15H,7-9H2,1H3/t11-,12+/m1/s1. The summed E-state index contributed by atoms with van der Waals surface area (Å²) in [6.07, 6.45) is 1.42. The first-order valence-electron chi connectivity index (χ1n) is 6.08. The van der Waals surface area contributed by atoms with Crippen LogP contribution >= 0.6 is 0 Å². The Kier molecular flexibility index (Phi) is 4.10.